The minimum Gasteiger partial charge on any atom is -0.489 e. The average molecular weight is 248 g/mol. The molecule has 0 atom stereocenters. The molecule has 2 N–H and O–H groups in total. The molecule has 0 bridgehead atoms. The summed E-state index contributed by atoms with van der Waals surface area (Å²) in [6.45, 7) is 0.891. The van der Waals surface area contributed by atoms with Gasteiger partial charge in [-0.15, -0.1) is 0 Å². The highest BCUT2D eigenvalue weighted by atomic mass is 16.6. The Hall–Kier alpha value is -2.57. The van der Waals surface area contributed by atoms with Gasteiger partial charge in [-0.25, -0.2) is 0 Å². The van der Waals surface area contributed by atoms with E-state index in [0.717, 1.165) is 0 Å². The number of hydrogen-bond acceptors (Lipinski definition) is 5. The van der Waals surface area contributed by atoms with Gasteiger partial charge in [-0.2, -0.15) is 5.10 Å². The van der Waals surface area contributed by atoms with Gasteiger partial charge in [0.05, 0.1) is 23.2 Å². The summed E-state index contributed by atoms with van der Waals surface area (Å²) in [5.41, 5.74) is 6.01. The molecule has 0 saturated carbocycles. The van der Waals surface area contributed by atoms with E-state index in [9.17, 15) is 10.1 Å². The molecule has 0 aliphatic rings. The van der Waals surface area contributed by atoms with E-state index in [1.807, 2.05) is 6.07 Å². The number of nitro benzene ring substituents is 1. The highest BCUT2D eigenvalue weighted by molar-refractivity contribution is 5.57. The number of anilines is 1. The van der Waals surface area contributed by atoms with Crippen LogP contribution in [0.25, 0.3) is 0 Å². The fourth-order valence-corrected chi connectivity index (χ4v) is 1.44. The second-order valence-electron chi connectivity index (χ2n) is 3.60. The van der Waals surface area contributed by atoms with E-state index >= 15 is 0 Å². The Bertz CT molecular complexity index is 539. The van der Waals surface area contributed by atoms with Gasteiger partial charge in [-0.3, -0.25) is 14.8 Å². The predicted octanol–water partition coefficient (Wildman–Crippen LogP) is 1.45. The first-order chi connectivity index (χ1) is 8.66. The first-order valence-corrected chi connectivity index (χ1v) is 5.31. The van der Waals surface area contributed by atoms with E-state index in [1.165, 1.54) is 18.2 Å². The van der Waals surface area contributed by atoms with Crippen molar-refractivity contribution in [3.05, 3.63) is 46.8 Å². The normalized spacial score (nSPS) is 10.2. The number of aromatic nitrogens is 2. The molecule has 0 radical (unpaired) electrons. The van der Waals surface area contributed by atoms with Gasteiger partial charge in [0.15, 0.2) is 0 Å². The van der Waals surface area contributed by atoms with Crippen molar-refractivity contribution in [1.82, 2.24) is 9.78 Å². The Morgan fingerprint density at radius 3 is 3.00 bits per heavy atom. The van der Waals surface area contributed by atoms with Gasteiger partial charge in [0.1, 0.15) is 12.4 Å². The summed E-state index contributed by atoms with van der Waals surface area (Å²) in [5.74, 6) is 0.316. The van der Waals surface area contributed by atoms with Crippen LogP contribution < -0.4 is 10.5 Å². The van der Waals surface area contributed by atoms with Crippen molar-refractivity contribution in [2.75, 3.05) is 12.3 Å². The van der Waals surface area contributed by atoms with Crippen LogP contribution in [0.5, 0.6) is 5.75 Å². The molecule has 2 aromatic rings. The largest absolute Gasteiger partial charge is 0.489 e. The number of non-ortho nitro benzene ring substituents is 1. The Morgan fingerprint density at radius 1 is 1.50 bits per heavy atom. The molecule has 7 nitrogen and oxygen atoms in total. The Labute approximate surface area is 103 Å². The first kappa shape index (κ1) is 11.9. The molecule has 0 unspecified atom stereocenters. The van der Waals surface area contributed by atoms with Crippen molar-refractivity contribution in [2.24, 2.45) is 0 Å². The smallest absolute Gasteiger partial charge is 0.273 e. The third kappa shape index (κ3) is 2.76. The van der Waals surface area contributed by atoms with Gasteiger partial charge < -0.3 is 10.5 Å². The van der Waals surface area contributed by atoms with Crippen molar-refractivity contribution < 1.29 is 9.66 Å². The number of nitro groups is 1. The van der Waals surface area contributed by atoms with Crippen molar-refractivity contribution in [3.63, 3.8) is 0 Å². The number of ether oxygens (including phenoxy) is 1. The van der Waals surface area contributed by atoms with E-state index in [4.69, 9.17) is 10.5 Å². The van der Waals surface area contributed by atoms with E-state index in [1.54, 1.807) is 17.1 Å². The van der Waals surface area contributed by atoms with Crippen LogP contribution in [0.15, 0.2) is 36.7 Å². The number of nitrogens with two attached hydrogens (primary N) is 1. The Kier molecular flexibility index (Phi) is 3.42. The van der Waals surface area contributed by atoms with E-state index in [-0.39, 0.29) is 5.69 Å². The lowest BCUT2D eigenvalue weighted by atomic mass is 10.2. The topological polar surface area (TPSA) is 96.2 Å². The second-order valence-corrected chi connectivity index (χ2v) is 3.60. The molecule has 18 heavy (non-hydrogen) atoms. The van der Waals surface area contributed by atoms with Gasteiger partial charge in [-0.1, -0.05) is 0 Å². The van der Waals surface area contributed by atoms with Gasteiger partial charge in [-0.05, 0) is 12.1 Å². The predicted molar refractivity (Wildman–Crippen MR) is 65.2 cm³/mol. The number of nitrogen functional groups attached to an aromatic ring is 1. The third-order valence-corrected chi connectivity index (χ3v) is 2.35. The quantitative estimate of drug-likeness (QED) is 0.490. The summed E-state index contributed by atoms with van der Waals surface area (Å²) >= 11 is 0. The zero-order chi connectivity index (χ0) is 13.0. The summed E-state index contributed by atoms with van der Waals surface area (Å²) in [4.78, 5) is 10.1. The van der Waals surface area contributed by atoms with Gasteiger partial charge in [0, 0.05) is 18.5 Å². The standard InChI is InChI=1S/C11H12N4O3/c12-10-3-2-9(15(16)17)8-11(10)18-7-6-14-5-1-4-13-14/h1-5,8H,6-7,12H2. The molecular formula is C11H12N4O3. The minimum absolute atomic E-state index is 0.0433. The lowest BCUT2D eigenvalue weighted by molar-refractivity contribution is -0.384. The summed E-state index contributed by atoms with van der Waals surface area (Å²) in [6, 6.07) is 5.93. The second kappa shape index (κ2) is 5.17. The van der Waals surface area contributed by atoms with Gasteiger partial charge >= 0.3 is 0 Å². The minimum atomic E-state index is -0.486. The maximum Gasteiger partial charge on any atom is 0.273 e. The van der Waals surface area contributed by atoms with Crippen molar-refractivity contribution >= 4 is 11.4 Å². The molecule has 0 fully saturated rings. The average Bonchev–Trinajstić information content (AvgIpc) is 2.84. The lowest BCUT2D eigenvalue weighted by Gasteiger charge is -2.08. The molecule has 0 aliphatic carbocycles. The van der Waals surface area contributed by atoms with Gasteiger partial charge in [0.25, 0.3) is 5.69 Å². The Balaban J connectivity index is 2.00. The fraction of sp³-hybridized carbons (Fsp3) is 0.182. The Morgan fingerprint density at radius 2 is 2.33 bits per heavy atom. The zero-order valence-corrected chi connectivity index (χ0v) is 9.52. The van der Waals surface area contributed by atoms with Gasteiger partial charge in [0.2, 0.25) is 0 Å². The number of rotatable bonds is 5. The SMILES string of the molecule is Nc1ccc([N+](=O)[O-])cc1OCCn1cccn1. The molecular weight excluding hydrogens is 236 g/mol. The lowest BCUT2D eigenvalue weighted by Crippen LogP contribution is -2.09. The van der Waals surface area contributed by atoms with Crippen LogP contribution in [-0.2, 0) is 6.54 Å². The van der Waals surface area contributed by atoms with Crippen molar-refractivity contribution in [3.8, 4) is 5.75 Å². The summed E-state index contributed by atoms with van der Waals surface area (Å²) < 4.78 is 7.11. The van der Waals surface area contributed by atoms with Crippen LogP contribution in [-0.4, -0.2) is 21.3 Å². The summed E-state index contributed by atoms with van der Waals surface area (Å²) in [7, 11) is 0. The zero-order valence-electron chi connectivity index (χ0n) is 9.52. The number of benzene rings is 1. The molecule has 2 rings (SSSR count). The highest BCUT2D eigenvalue weighted by Crippen LogP contribution is 2.26. The van der Waals surface area contributed by atoms with E-state index < -0.39 is 4.92 Å². The molecule has 94 valence electrons. The first-order valence-electron chi connectivity index (χ1n) is 5.31. The summed E-state index contributed by atoms with van der Waals surface area (Å²) in [6.07, 6.45) is 3.47. The van der Waals surface area contributed by atoms with Crippen LogP contribution in [0, 0.1) is 10.1 Å². The molecule has 1 aromatic heterocycles. The van der Waals surface area contributed by atoms with Crippen molar-refractivity contribution in [1.29, 1.82) is 0 Å². The molecule has 1 heterocycles. The fourth-order valence-electron chi connectivity index (χ4n) is 1.44. The third-order valence-electron chi connectivity index (χ3n) is 2.35. The van der Waals surface area contributed by atoms with Crippen LogP contribution in [0.1, 0.15) is 0 Å². The van der Waals surface area contributed by atoms with E-state index in [2.05, 4.69) is 5.10 Å². The highest BCUT2D eigenvalue weighted by Gasteiger charge is 2.09. The van der Waals surface area contributed by atoms with Crippen LogP contribution in [0.4, 0.5) is 11.4 Å². The molecule has 1 aromatic carbocycles. The molecule has 0 spiro atoms. The summed E-state index contributed by atoms with van der Waals surface area (Å²) in [5, 5.41) is 14.6. The number of nitrogens with zero attached hydrogens (tertiary/aromatic N) is 3. The molecule has 0 aliphatic heterocycles. The maximum atomic E-state index is 10.6. The number of hydrogen-bond donors (Lipinski definition) is 1. The van der Waals surface area contributed by atoms with Crippen LogP contribution in [0.2, 0.25) is 0 Å². The molecule has 0 saturated heterocycles. The van der Waals surface area contributed by atoms with Crippen molar-refractivity contribution in [2.45, 2.75) is 6.54 Å². The molecule has 7 heteroatoms. The van der Waals surface area contributed by atoms with Crippen LogP contribution in [0.3, 0.4) is 0 Å². The van der Waals surface area contributed by atoms with E-state index in [0.29, 0.717) is 24.6 Å². The van der Waals surface area contributed by atoms with Crippen LogP contribution >= 0.6 is 0 Å². The monoisotopic (exact) mass is 248 g/mol. The maximum absolute atomic E-state index is 10.6. The molecule has 0 amide bonds.